The Bertz CT molecular complexity index is 550. The van der Waals surface area contributed by atoms with Gasteiger partial charge in [-0.25, -0.2) is 4.98 Å². The van der Waals surface area contributed by atoms with Gasteiger partial charge in [0.1, 0.15) is 5.82 Å². The molecule has 2 heterocycles. The Morgan fingerprint density at radius 2 is 2.16 bits per heavy atom. The van der Waals surface area contributed by atoms with Crippen LogP contribution in [0.1, 0.15) is 32.0 Å². The molecule has 3 heteroatoms. The predicted octanol–water partition coefficient (Wildman–Crippen LogP) is 2.89. The van der Waals surface area contributed by atoms with Crippen LogP contribution in [-0.4, -0.2) is 22.1 Å². The quantitative estimate of drug-likeness (QED) is 0.916. The lowest BCUT2D eigenvalue weighted by Gasteiger charge is -2.27. The molecule has 1 aliphatic rings. The van der Waals surface area contributed by atoms with Crippen LogP contribution < -0.4 is 5.32 Å². The van der Waals surface area contributed by atoms with Gasteiger partial charge in [-0.05, 0) is 50.8 Å². The molecule has 1 aromatic carbocycles. The van der Waals surface area contributed by atoms with E-state index in [0.29, 0.717) is 6.04 Å². The summed E-state index contributed by atoms with van der Waals surface area (Å²) in [5, 5.41) is 3.58. The Hall–Kier alpha value is -1.35. The Kier molecular flexibility index (Phi) is 3.56. The van der Waals surface area contributed by atoms with Gasteiger partial charge in [-0.15, -0.1) is 0 Å². The van der Waals surface area contributed by atoms with Gasteiger partial charge in [0.25, 0.3) is 0 Å². The molecule has 1 saturated heterocycles. The van der Waals surface area contributed by atoms with Crippen LogP contribution in [0, 0.1) is 5.92 Å². The number of nitrogens with one attached hydrogen (secondary N) is 1. The monoisotopic (exact) mass is 257 g/mol. The predicted molar refractivity (Wildman–Crippen MR) is 79.2 cm³/mol. The van der Waals surface area contributed by atoms with Gasteiger partial charge in [0.2, 0.25) is 0 Å². The lowest BCUT2D eigenvalue weighted by atomic mass is 9.91. The molecule has 0 radical (unpaired) electrons. The summed E-state index contributed by atoms with van der Waals surface area (Å²) in [5.41, 5.74) is 2.36. The molecule has 0 saturated carbocycles. The van der Waals surface area contributed by atoms with E-state index in [4.69, 9.17) is 4.98 Å². The smallest absolute Gasteiger partial charge is 0.109 e. The molecule has 2 unspecified atom stereocenters. The van der Waals surface area contributed by atoms with Crippen LogP contribution in [0.25, 0.3) is 11.0 Å². The summed E-state index contributed by atoms with van der Waals surface area (Å²) in [6, 6.07) is 9.09. The maximum atomic E-state index is 4.75. The van der Waals surface area contributed by atoms with Crippen molar-refractivity contribution in [2.45, 2.75) is 38.6 Å². The summed E-state index contributed by atoms with van der Waals surface area (Å²) in [4.78, 5) is 4.75. The molecule has 0 spiro atoms. The van der Waals surface area contributed by atoms with Gasteiger partial charge in [-0.3, -0.25) is 0 Å². The molecular weight excluding hydrogens is 234 g/mol. The third-order valence-corrected chi connectivity index (χ3v) is 4.42. The first-order chi connectivity index (χ1) is 9.24. The van der Waals surface area contributed by atoms with Crippen molar-refractivity contribution in [2.75, 3.05) is 6.54 Å². The summed E-state index contributed by atoms with van der Waals surface area (Å²) in [6.07, 6.45) is 5.01. The Labute approximate surface area is 115 Å². The number of rotatable bonds is 3. The average Bonchev–Trinajstić information content (AvgIpc) is 2.76. The van der Waals surface area contributed by atoms with Crippen molar-refractivity contribution in [1.29, 1.82) is 0 Å². The zero-order valence-corrected chi connectivity index (χ0v) is 11.9. The molecule has 19 heavy (non-hydrogen) atoms. The van der Waals surface area contributed by atoms with Crippen molar-refractivity contribution in [3.8, 4) is 0 Å². The second-order valence-electron chi connectivity index (χ2n) is 5.87. The van der Waals surface area contributed by atoms with Gasteiger partial charge >= 0.3 is 0 Å². The average molecular weight is 257 g/mol. The van der Waals surface area contributed by atoms with Crippen LogP contribution >= 0.6 is 0 Å². The number of imidazole rings is 1. The molecule has 1 aliphatic heterocycles. The largest absolute Gasteiger partial charge is 0.331 e. The molecule has 3 rings (SSSR count). The number of fused-ring (bicyclic) bond motifs is 1. The Morgan fingerprint density at radius 1 is 1.32 bits per heavy atom. The van der Waals surface area contributed by atoms with Crippen LogP contribution in [-0.2, 0) is 13.5 Å². The first kappa shape index (κ1) is 12.7. The minimum absolute atomic E-state index is 0.701. The maximum Gasteiger partial charge on any atom is 0.109 e. The van der Waals surface area contributed by atoms with Gasteiger partial charge in [0.05, 0.1) is 11.0 Å². The second kappa shape index (κ2) is 5.33. The number of aryl methyl sites for hydroxylation is 2. The molecule has 1 fully saturated rings. The minimum Gasteiger partial charge on any atom is -0.331 e. The molecule has 2 atom stereocenters. The first-order valence-corrected chi connectivity index (χ1v) is 7.38. The minimum atomic E-state index is 0.701. The van der Waals surface area contributed by atoms with Crippen molar-refractivity contribution < 1.29 is 0 Å². The van der Waals surface area contributed by atoms with Crippen molar-refractivity contribution in [3.63, 3.8) is 0 Å². The SMILES string of the molecule is CC1CCC(CCc2nc3ccccc3n2C)CN1. The Morgan fingerprint density at radius 3 is 2.89 bits per heavy atom. The van der Waals surface area contributed by atoms with Crippen LogP contribution in [0.3, 0.4) is 0 Å². The van der Waals surface area contributed by atoms with E-state index in [0.717, 1.165) is 17.9 Å². The highest BCUT2D eigenvalue weighted by atomic mass is 15.1. The molecule has 0 amide bonds. The van der Waals surface area contributed by atoms with E-state index in [-0.39, 0.29) is 0 Å². The van der Waals surface area contributed by atoms with E-state index in [1.807, 2.05) is 0 Å². The zero-order valence-electron chi connectivity index (χ0n) is 11.9. The van der Waals surface area contributed by atoms with Gasteiger partial charge < -0.3 is 9.88 Å². The number of hydrogen-bond acceptors (Lipinski definition) is 2. The molecule has 0 aliphatic carbocycles. The van der Waals surface area contributed by atoms with Crippen LogP contribution in [0.5, 0.6) is 0 Å². The number of nitrogens with zero attached hydrogens (tertiary/aromatic N) is 2. The lowest BCUT2D eigenvalue weighted by molar-refractivity contribution is 0.307. The molecular formula is C16H23N3. The van der Waals surface area contributed by atoms with E-state index in [1.165, 1.54) is 37.1 Å². The standard InChI is InChI=1S/C16H23N3/c1-12-7-8-13(11-17-12)9-10-16-18-14-5-3-4-6-15(14)19(16)2/h3-6,12-13,17H,7-11H2,1-2H3. The molecule has 1 N–H and O–H groups in total. The maximum absolute atomic E-state index is 4.75. The normalized spacial score (nSPS) is 23.9. The third-order valence-electron chi connectivity index (χ3n) is 4.42. The zero-order chi connectivity index (χ0) is 13.2. The van der Waals surface area contributed by atoms with Crippen molar-refractivity contribution in [2.24, 2.45) is 13.0 Å². The van der Waals surface area contributed by atoms with Crippen molar-refractivity contribution in [1.82, 2.24) is 14.9 Å². The molecule has 2 aromatic rings. The number of benzene rings is 1. The highest BCUT2D eigenvalue weighted by molar-refractivity contribution is 5.75. The third kappa shape index (κ3) is 2.66. The number of aromatic nitrogens is 2. The molecule has 0 bridgehead atoms. The highest BCUT2D eigenvalue weighted by Crippen LogP contribution is 2.21. The van der Waals surface area contributed by atoms with E-state index in [1.54, 1.807) is 0 Å². The van der Waals surface area contributed by atoms with E-state index >= 15 is 0 Å². The first-order valence-electron chi connectivity index (χ1n) is 7.38. The number of para-hydroxylation sites is 2. The summed E-state index contributed by atoms with van der Waals surface area (Å²) in [5.74, 6) is 2.04. The lowest BCUT2D eigenvalue weighted by Crippen LogP contribution is -2.37. The number of hydrogen-bond donors (Lipinski definition) is 1. The summed E-state index contributed by atoms with van der Waals surface area (Å²) in [6.45, 7) is 3.45. The summed E-state index contributed by atoms with van der Waals surface area (Å²) in [7, 11) is 2.13. The van der Waals surface area contributed by atoms with Crippen LogP contribution in [0.4, 0.5) is 0 Å². The number of piperidine rings is 1. The fourth-order valence-corrected chi connectivity index (χ4v) is 3.06. The van der Waals surface area contributed by atoms with Crippen LogP contribution in [0.2, 0.25) is 0 Å². The second-order valence-corrected chi connectivity index (χ2v) is 5.87. The highest BCUT2D eigenvalue weighted by Gasteiger charge is 2.18. The molecule has 3 nitrogen and oxygen atoms in total. The van der Waals surface area contributed by atoms with Gasteiger partial charge in [-0.1, -0.05) is 12.1 Å². The summed E-state index contributed by atoms with van der Waals surface area (Å²) < 4.78 is 2.24. The van der Waals surface area contributed by atoms with Crippen LogP contribution in [0.15, 0.2) is 24.3 Å². The van der Waals surface area contributed by atoms with Gasteiger partial charge in [0.15, 0.2) is 0 Å². The van der Waals surface area contributed by atoms with E-state index < -0.39 is 0 Å². The summed E-state index contributed by atoms with van der Waals surface area (Å²) >= 11 is 0. The van der Waals surface area contributed by atoms with Crippen molar-refractivity contribution >= 4 is 11.0 Å². The van der Waals surface area contributed by atoms with E-state index in [2.05, 4.69) is 48.1 Å². The van der Waals surface area contributed by atoms with E-state index in [9.17, 15) is 0 Å². The van der Waals surface area contributed by atoms with Gasteiger partial charge in [-0.2, -0.15) is 0 Å². The molecule has 1 aromatic heterocycles. The van der Waals surface area contributed by atoms with Gasteiger partial charge in [0, 0.05) is 19.5 Å². The topological polar surface area (TPSA) is 29.9 Å². The molecule has 102 valence electrons. The van der Waals surface area contributed by atoms with Crippen molar-refractivity contribution in [3.05, 3.63) is 30.1 Å². The fourth-order valence-electron chi connectivity index (χ4n) is 3.06. The fraction of sp³-hybridized carbons (Fsp3) is 0.562. The Balaban J connectivity index is 1.67.